The SMILES string of the molecule is O=C(Nc1ccccc1COc1ccccc1)N1CCOCC1CCO. The minimum atomic E-state index is -0.182. The van der Waals surface area contributed by atoms with Gasteiger partial charge in [0.2, 0.25) is 0 Å². The normalized spacial score (nSPS) is 17.0. The van der Waals surface area contributed by atoms with Crippen molar-refractivity contribution in [2.45, 2.75) is 19.1 Å². The molecule has 1 aliphatic heterocycles. The van der Waals surface area contributed by atoms with Crippen molar-refractivity contribution < 1.29 is 19.4 Å². The molecule has 1 heterocycles. The first-order valence-corrected chi connectivity index (χ1v) is 8.80. The van der Waals surface area contributed by atoms with Crippen LogP contribution in [0.5, 0.6) is 5.75 Å². The second kappa shape index (κ2) is 9.22. The van der Waals surface area contributed by atoms with Crippen LogP contribution >= 0.6 is 0 Å². The number of morpholine rings is 1. The standard InChI is InChI=1S/C20H24N2O4/c23-12-10-17-15-25-13-11-22(17)20(24)21-19-9-5-4-6-16(19)14-26-18-7-2-1-3-8-18/h1-9,17,23H,10-15H2,(H,21,24). The quantitative estimate of drug-likeness (QED) is 0.835. The third-order valence-electron chi connectivity index (χ3n) is 4.35. The lowest BCUT2D eigenvalue weighted by Gasteiger charge is -2.35. The molecule has 0 saturated carbocycles. The largest absolute Gasteiger partial charge is 0.489 e. The maximum atomic E-state index is 12.7. The number of nitrogens with zero attached hydrogens (tertiary/aromatic N) is 1. The molecule has 6 heteroatoms. The predicted octanol–water partition coefficient (Wildman–Crippen LogP) is 2.88. The van der Waals surface area contributed by atoms with Crippen molar-refractivity contribution in [3.05, 3.63) is 60.2 Å². The van der Waals surface area contributed by atoms with Gasteiger partial charge in [0.25, 0.3) is 0 Å². The van der Waals surface area contributed by atoms with Gasteiger partial charge in [0.15, 0.2) is 0 Å². The minimum absolute atomic E-state index is 0.0271. The first-order valence-electron chi connectivity index (χ1n) is 8.80. The van der Waals surface area contributed by atoms with Crippen molar-refractivity contribution in [1.82, 2.24) is 4.90 Å². The highest BCUT2D eigenvalue weighted by Crippen LogP contribution is 2.20. The molecule has 138 valence electrons. The van der Waals surface area contributed by atoms with Gasteiger partial charge in [-0.15, -0.1) is 0 Å². The Morgan fingerprint density at radius 2 is 1.96 bits per heavy atom. The van der Waals surface area contributed by atoms with E-state index in [9.17, 15) is 9.90 Å². The zero-order valence-corrected chi connectivity index (χ0v) is 14.6. The number of benzene rings is 2. The second-order valence-electron chi connectivity index (χ2n) is 6.12. The molecule has 1 aliphatic rings. The van der Waals surface area contributed by atoms with Gasteiger partial charge in [-0.1, -0.05) is 36.4 Å². The molecular formula is C20H24N2O4. The van der Waals surface area contributed by atoms with E-state index in [2.05, 4.69) is 5.32 Å². The summed E-state index contributed by atoms with van der Waals surface area (Å²) in [6, 6.07) is 16.9. The summed E-state index contributed by atoms with van der Waals surface area (Å²) in [5.74, 6) is 0.782. The van der Waals surface area contributed by atoms with Crippen LogP contribution < -0.4 is 10.1 Å². The van der Waals surface area contributed by atoms with E-state index in [0.29, 0.717) is 32.8 Å². The average molecular weight is 356 g/mol. The molecule has 1 atom stereocenters. The molecule has 2 N–H and O–H groups in total. The Morgan fingerprint density at radius 3 is 2.77 bits per heavy atom. The first kappa shape index (κ1) is 18.2. The summed E-state index contributed by atoms with van der Waals surface area (Å²) < 4.78 is 11.2. The van der Waals surface area contributed by atoms with Gasteiger partial charge in [0, 0.05) is 24.4 Å². The number of para-hydroxylation sites is 2. The van der Waals surface area contributed by atoms with Crippen LogP contribution in [0.15, 0.2) is 54.6 Å². The molecule has 0 bridgehead atoms. The van der Waals surface area contributed by atoms with Gasteiger partial charge in [0.05, 0.1) is 19.3 Å². The van der Waals surface area contributed by atoms with Crippen LogP contribution in [0.2, 0.25) is 0 Å². The van der Waals surface area contributed by atoms with E-state index in [1.165, 1.54) is 0 Å². The number of amides is 2. The Balaban J connectivity index is 1.66. The van der Waals surface area contributed by atoms with E-state index in [1.54, 1.807) is 4.90 Å². The molecule has 26 heavy (non-hydrogen) atoms. The number of carbonyl (C=O) groups excluding carboxylic acids is 1. The fourth-order valence-electron chi connectivity index (χ4n) is 2.94. The summed E-state index contributed by atoms with van der Waals surface area (Å²) >= 11 is 0. The number of anilines is 1. The highest BCUT2D eigenvalue weighted by molar-refractivity contribution is 5.90. The van der Waals surface area contributed by atoms with Crippen molar-refractivity contribution in [2.24, 2.45) is 0 Å². The Labute approximate surface area is 153 Å². The summed E-state index contributed by atoms with van der Waals surface area (Å²) in [7, 11) is 0. The molecule has 6 nitrogen and oxygen atoms in total. The number of urea groups is 1. The second-order valence-corrected chi connectivity index (χ2v) is 6.12. The van der Waals surface area contributed by atoms with Crippen LogP contribution in [-0.4, -0.2) is 48.4 Å². The number of ether oxygens (including phenoxy) is 2. The molecule has 0 aliphatic carbocycles. The highest BCUT2D eigenvalue weighted by Gasteiger charge is 2.27. The van der Waals surface area contributed by atoms with Crippen molar-refractivity contribution >= 4 is 11.7 Å². The zero-order valence-electron chi connectivity index (χ0n) is 14.6. The van der Waals surface area contributed by atoms with Crippen molar-refractivity contribution in [3.63, 3.8) is 0 Å². The Morgan fingerprint density at radius 1 is 1.19 bits per heavy atom. The lowest BCUT2D eigenvalue weighted by molar-refractivity contribution is 0.00727. The topological polar surface area (TPSA) is 71.0 Å². The monoisotopic (exact) mass is 356 g/mol. The summed E-state index contributed by atoms with van der Waals surface area (Å²) in [4.78, 5) is 14.4. The van der Waals surface area contributed by atoms with Crippen molar-refractivity contribution in [3.8, 4) is 5.75 Å². The number of rotatable bonds is 6. The minimum Gasteiger partial charge on any atom is -0.489 e. The summed E-state index contributed by atoms with van der Waals surface area (Å²) in [5, 5.41) is 12.2. The predicted molar refractivity (Wildman–Crippen MR) is 99.3 cm³/mol. The van der Waals surface area contributed by atoms with Gasteiger partial charge in [-0.2, -0.15) is 0 Å². The number of aliphatic hydroxyl groups excluding tert-OH is 1. The van der Waals surface area contributed by atoms with Gasteiger partial charge in [-0.05, 0) is 24.6 Å². The van der Waals surface area contributed by atoms with Gasteiger partial charge >= 0.3 is 6.03 Å². The molecule has 0 aromatic heterocycles. The molecule has 1 unspecified atom stereocenters. The highest BCUT2D eigenvalue weighted by atomic mass is 16.5. The molecule has 1 saturated heterocycles. The van der Waals surface area contributed by atoms with Crippen LogP contribution in [0, 0.1) is 0 Å². The lowest BCUT2D eigenvalue weighted by Crippen LogP contribution is -2.50. The molecule has 0 radical (unpaired) electrons. The Hall–Kier alpha value is -2.57. The molecule has 0 spiro atoms. The fourth-order valence-corrected chi connectivity index (χ4v) is 2.94. The molecule has 2 aromatic carbocycles. The average Bonchev–Trinajstić information content (AvgIpc) is 2.69. The van der Waals surface area contributed by atoms with E-state index in [1.807, 2.05) is 54.6 Å². The molecule has 2 aromatic rings. The third-order valence-corrected chi connectivity index (χ3v) is 4.35. The maximum Gasteiger partial charge on any atom is 0.322 e. The maximum absolute atomic E-state index is 12.7. The van der Waals surface area contributed by atoms with E-state index in [0.717, 1.165) is 17.0 Å². The number of hydrogen-bond donors (Lipinski definition) is 2. The first-order chi connectivity index (χ1) is 12.8. The van der Waals surface area contributed by atoms with Gasteiger partial charge in [-0.3, -0.25) is 0 Å². The van der Waals surface area contributed by atoms with E-state index in [4.69, 9.17) is 9.47 Å². The molecule has 3 rings (SSSR count). The van der Waals surface area contributed by atoms with E-state index in [-0.39, 0.29) is 18.7 Å². The van der Waals surface area contributed by atoms with Crippen LogP contribution in [0.3, 0.4) is 0 Å². The number of aliphatic hydroxyl groups is 1. The van der Waals surface area contributed by atoms with Gasteiger partial charge in [0.1, 0.15) is 12.4 Å². The molecular weight excluding hydrogens is 332 g/mol. The summed E-state index contributed by atoms with van der Waals surface area (Å²) in [5.41, 5.74) is 1.62. The van der Waals surface area contributed by atoms with Crippen molar-refractivity contribution in [1.29, 1.82) is 0 Å². The van der Waals surface area contributed by atoms with E-state index < -0.39 is 0 Å². The lowest BCUT2D eigenvalue weighted by atomic mass is 10.1. The summed E-state index contributed by atoms with van der Waals surface area (Å²) in [6.45, 7) is 1.86. The number of carbonyl (C=O) groups is 1. The van der Waals surface area contributed by atoms with Gasteiger partial charge < -0.3 is 24.8 Å². The smallest absolute Gasteiger partial charge is 0.322 e. The van der Waals surface area contributed by atoms with Crippen LogP contribution in [0.25, 0.3) is 0 Å². The van der Waals surface area contributed by atoms with Gasteiger partial charge in [-0.25, -0.2) is 4.79 Å². The van der Waals surface area contributed by atoms with E-state index >= 15 is 0 Å². The molecule has 2 amide bonds. The number of hydrogen-bond acceptors (Lipinski definition) is 4. The Bertz CT molecular complexity index is 706. The third kappa shape index (κ3) is 4.74. The zero-order chi connectivity index (χ0) is 18.2. The van der Waals surface area contributed by atoms with Crippen LogP contribution in [0.4, 0.5) is 10.5 Å². The molecule has 1 fully saturated rings. The van der Waals surface area contributed by atoms with Crippen LogP contribution in [0.1, 0.15) is 12.0 Å². The number of nitrogens with one attached hydrogen (secondary N) is 1. The van der Waals surface area contributed by atoms with Crippen LogP contribution in [-0.2, 0) is 11.3 Å². The Kier molecular flexibility index (Phi) is 6.46. The van der Waals surface area contributed by atoms with Crippen molar-refractivity contribution in [2.75, 3.05) is 31.7 Å². The summed E-state index contributed by atoms with van der Waals surface area (Å²) in [6.07, 6.45) is 0.506. The fraction of sp³-hybridized carbons (Fsp3) is 0.350.